The van der Waals surface area contributed by atoms with Crippen LogP contribution in [-0.2, 0) is 0 Å². The minimum absolute atomic E-state index is 0.355. The van der Waals surface area contributed by atoms with Gasteiger partial charge in [0.25, 0.3) is 0 Å². The molecule has 3 rings (SSSR count). The van der Waals surface area contributed by atoms with Crippen LogP contribution in [0.3, 0.4) is 0 Å². The van der Waals surface area contributed by atoms with Gasteiger partial charge in [0.15, 0.2) is 0 Å². The summed E-state index contributed by atoms with van der Waals surface area (Å²) in [6.45, 7) is 5.59. The summed E-state index contributed by atoms with van der Waals surface area (Å²) >= 11 is 0. The van der Waals surface area contributed by atoms with Crippen molar-refractivity contribution in [3.05, 3.63) is 35.9 Å². The Morgan fingerprint density at radius 1 is 1.00 bits per heavy atom. The van der Waals surface area contributed by atoms with Gasteiger partial charge in [0, 0.05) is 19.1 Å². The van der Waals surface area contributed by atoms with E-state index in [1.54, 1.807) is 0 Å². The fourth-order valence-corrected chi connectivity index (χ4v) is 3.80. The molecule has 0 amide bonds. The molecule has 21 heavy (non-hydrogen) atoms. The van der Waals surface area contributed by atoms with E-state index in [1.165, 1.54) is 45.2 Å². The topological polar surface area (TPSA) is 26.7 Å². The number of β-amino-alcohol motifs (C(OH)–C–C–N with tert-alkyl or cyclic N) is 1. The first-order valence-electron chi connectivity index (χ1n) is 8.52. The van der Waals surface area contributed by atoms with Crippen LogP contribution in [0.15, 0.2) is 30.3 Å². The second-order valence-corrected chi connectivity index (χ2v) is 6.58. The molecule has 0 saturated carbocycles. The van der Waals surface area contributed by atoms with Crippen LogP contribution in [0, 0.1) is 0 Å². The molecule has 2 fully saturated rings. The van der Waals surface area contributed by atoms with Crippen LogP contribution >= 0.6 is 0 Å². The number of hydrogen-bond donors (Lipinski definition) is 1. The first kappa shape index (κ1) is 15.0. The van der Waals surface area contributed by atoms with Crippen molar-refractivity contribution >= 4 is 0 Å². The number of hydrogen-bond acceptors (Lipinski definition) is 3. The molecule has 0 aromatic heterocycles. The summed E-state index contributed by atoms with van der Waals surface area (Å²) < 4.78 is 0. The first-order valence-corrected chi connectivity index (χ1v) is 8.52. The van der Waals surface area contributed by atoms with E-state index in [0.717, 1.165) is 25.2 Å². The zero-order valence-corrected chi connectivity index (χ0v) is 13.0. The largest absolute Gasteiger partial charge is 0.387 e. The fraction of sp³-hybridized carbons (Fsp3) is 0.667. The van der Waals surface area contributed by atoms with Gasteiger partial charge in [0.05, 0.1) is 6.10 Å². The average Bonchev–Trinajstić information content (AvgIpc) is 2.57. The van der Waals surface area contributed by atoms with Gasteiger partial charge in [-0.3, -0.25) is 9.80 Å². The number of aliphatic hydroxyl groups is 1. The third-order valence-electron chi connectivity index (χ3n) is 5.00. The van der Waals surface area contributed by atoms with Crippen molar-refractivity contribution in [2.75, 3.05) is 32.7 Å². The highest BCUT2D eigenvalue weighted by atomic mass is 16.3. The van der Waals surface area contributed by atoms with Crippen molar-refractivity contribution in [1.29, 1.82) is 0 Å². The lowest BCUT2D eigenvalue weighted by atomic mass is 10.00. The molecule has 2 heterocycles. The molecule has 1 aromatic carbocycles. The maximum Gasteiger partial charge on any atom is 0.0916 e. The molecule has 1 N–H and O–H groups in total. The maximum absolute atomic E-state index is 10.4. The summed E-state index contributed by atoms with van der Waals surface area (Å²) in [6, 6.07) is 10.8. The third kappa shape index (κ3) is 4.06. The highest BCUT2D eigenvalue weighted by molar-refractivity contribution is 5.17. The number of benzene rings is 1. The van der Waals surface area contributed by atoms with E-state index in [1.807, 2.05) is 30.3 Å². The summed E-state index contributed by atoms with van der Waals surface area (Å²) in [5.74, 6) is 0. The summed E-state index contributed by atoms with van der Waals surface area (Å²) in [5, 5.41) is 10.4. The Morgan fingerprint density at radius 3 is 2.52 bits per heavy atom. The smallest absolute Gasteiger partial charge is 0.0916 e. The Bertz CT molecular complexity index is 416. The summed E-state index contributed by atoms with van der Waals surface area (Å²) in [5.41, 5.74) is 1.04. The molecular formula is C18H28N2O. The lowest BCUT2D eigenvalue weighted by molar-refractivity contribution is 0.0500. The summed E-state index contributed by atoms with van der Waals surface area (Å²) in [4.78, 5) is 5.14. The zero-order valence-electron chi connectivity index (χ0n) is 13.0. The number of rotatable bonds is 4. The molecule has 2 saturated heterocycles. The Balaban J connectivity index is 1.53. The molecule has 3 heteroatoms. The van der Waals surface area contributed by atoms with Crippen molar-refractivity contribution in [3.8, 4) is 0 Å². The monoisotopic (exact) mass is 288 g/mol. The van der Waals surface area contributed by atoms with Gasteiger partial charge in [0.2, 0.25) is 0 Å². The van der Waals surface area contributed by atoms with Crippen LogP contribution in [0.1, 0.15) is 43.8 Å². The molecule has 0 unspecified atom stereocenters. The molecular weight excluding hydrogens is 260 g/mol. The van der Waals surface area contributed by atoms with Crippen molar-refractivity contribution in [2.24, 2.45) is 0 Å². The van der Waals surface area contributed by atoms with E-state index >= 15 is 0 Å². The van der Waals surface area contributed by atoms with Crippen molar-refractivity contribution in [3.63, 3.8) is 0 Å². The summed E-state index contributed by atoms with van der Waals surface area (Å²) in [7, 11) is 0. The molecule has 3 nitrogen and oxygen atoms in total. The predicted molar refractivity (Wildman–Crippen MR) is 86.3 cm³/mol. The van der Waals surface area contributed by atoms with Crippen LogP contribution in [-0.4, -0.2) is 53.7 Å². The van der Waals surface area contributed by atoms with Crippen LogP contribution in [0.5, 0.6) is 0 Å². The van der Waals surface area contributed by atoms with Crippen LogP contribution < -0.4 is 0 Å². The van der Waals surface area contributed by atoms with Crippen LogP contribution in [0.25, 0.3) is 0 Å². The van der Waals surface area contributed by atoms with Crippen LogP contribution in [0.2, 0.25) is 0 Å². The number of nitrogens with zero attached hydrogens (tertiary/aromatic N) is 2. The number of piperidine rings is 2. The minimum atomic E-state index is -0.355. The van der Waals surface area contributed by atoms with E-state index in [9.17, 15) is 5.11 Å². The molecule has 2 aliphatic heterocycles. The average molecular weight is 288 g/mol. The number of aliphatic hydroxyl groups excluding tert-OH is 1. The second kappa shape index (κ2) is 7.39. The quantitative estimate of drug-likeness (QED) is 0.923. The van der Waals surface area contributed by atoms with Crippen molar-refractivity contribution in [1.82, 2.24) is 9.80 Å². The Kier molecular flexibility index (Phi) is 5.28. The van der Waals surface area contributed by atoms with Gasteiger partial charge >= 0.3 is 0 Å². The molecule has 0 bridgehead atoms. The minimum Gasteiger partial charge on any atom is -0.387 e. The highest BCUT2D eigenvalue weighted by Crippen LogP contribution is 2.22. The summed E-state index contributed by atoms with van der Waals surface area (Å²) in [6.07, 6.45) is 6.37. The fourth-order valence-electron chi connectivity index (χ4n) is 3.80. The van der Waals surface area contributed by atoms with Gasteiger partial charge < -0.3 is 5.11 Å². The van der Waals surface area contributed by atoms with Gasteiger partial charge in [-0.1, -0.05) is 36.8 Å². The Hall–Kier alpha value is -0.900. The van der Waals surface area contributed by atoms with Gasteiger partial charge in [0.1, 0.15) is 0 Å². The Morgan fingerprint density at radius 2 is 1.76 bits per heavy atom. The maximum atomic E-state index is 10.4. The van der Waals surface area contributed by atoms with Gasteiger partial charge in [-0.05, 0) is 50.9 Å². The van der Waals surface area contributed by atoms with Crippen molar-refractivity contribution < 1.29 is 5.11 Å². The van der Waals surface area contributed by atoms with Gasteiger partial charge in [-0.25, -0.2) is 0 Å². The van der Waals surface area contributed by atoms with Gasteiger partial charge in [-0.2, -0.15) is 0 Å². The van der Waals surface area contributed by atoms with Crippen LogP contribution in [0.4, 0.5) is 0 Å². The highest BCUT2D eigenvalue weighted by Gasteiger charge is 2.27. The lowest BCUT2D eigenvalue weighted by Crippen LogP contribution is -2.50. The van der Waals surface area contributed by atoms with E-state index in [2.05, 4.69) is 9.80 Å². The van der Waals surface area contributed by atoms with E-state index < -0.39 is 0 Å². The molecule has 2 aliphatic rings. The third-order valence-corrected chi connectivity index (χ3v) is 5.00. The van der Waals surface area contributed by atoms with Crippen molar-refractivity contribution in [2.45, 2.75) is 44.2 Å². The standard InChI is InChI=1S/C18H28N2O/c21-18(16-8-3-1-4-9-16)15-19-11-7-10-17(14-19)20-12-5-2-6-13-20/h1,3-4,8-9,17-18,21H,2,5-7,10-15H2/t17-,18+/m1/s1. The lowest BCUT2D eigenvalue weighted by Gasteiger charge is -2.41. The second-order valence-electron chi connectivity index (χ2n) is 6.58. The molecule has 1 aromatic rings. The van der Waals surface area contributed by atoms with E-state index in [4.69, 9.17) is 0 Å². The Labute approximate surface area is 128 Å². The molecule has 0 radical (unpaired) electrons. The number of likely N-dealkylation sites (tertiary alicyclic amines) is 2. The zero-order chi connectivity index (χ0) is 14.5. The first-order chi connectivity index (χ1) is 10.3. The predicted octanol–water partition coefficient (Wildman–Crippen LogP) is 2.67. The van der Waals surface area contributed by atoms with Gasteiger partial charge in [-0.15, -0.1) is 0 Å². The van der Waals surface area contributed by atoms with E-state index in [-0.39, 0.29) is 6.10 Å². The van der Waals surface area contributed by atoms with E-state index in [0.29, 0.717) is 6.04 Å². The normalized spacial score (nSPS) is 26.6. The molecule has 2 atom stereocenters. The SMILES string of the molecule is O[C@@H](CN1CCC[C@@H](N2CCCCC2)C1)c1ccccc1. The molecule has 0 aliphatic carbocycles. The molecule has 116 valence electrons. The molecule has 0 spiro atoms.